The largest absolute Gasteiger partial charge is 0.381 e. The Hall–Kier alpha value is -1.13. The molecule has 2 rings (SSSR count). The van der Waals surface area contributed by atoms with E-state index in [1.165, 1.54) is 11.3 Å². The summed E-state index contributed by atoms with van der Waals surface area (Å²) in [6.07, 6.45) is 6.51. The van der Waals surface area contributed by atoms with Gasteiger partial charge in [-0.1, -0.05) is 6.92 Å². The third-order valence-corrected chi connectivity index (χ3v) is 3.56. The number of piperidine rings is 1. The van der Waals surface area contributed by atoms with Gasteiger partial charge < -0.3 is 15.0 Å². The molecule has 18 heavy (non-hydrogen) atoms. The average Bonchev–Trinajstić information content (AvgIpc) is 2.45. The predicted molar refractivity (Wildman–Crippen MR) is 73.9 cm³/mol. The molecule has 1 aromatic rings. The molecule has 100 valence electrons. The first-order chi connectivity index (χ1) is 8.85. The maximum absolute atomic E-state index is 5.42. The first-order valence-electron chi connectivity index (χ1n) is 6.76. The van der Waals surface area contributed by atoms with E-state index < -0.39 is 0 Å². The second-order valence-electron chi connectivity index (χ2n) is 4.71. The van der Waals surface area contributed by atoms with Crippen LogP contribution in [0.1, 0.15) is 25.3 Å². The van der Waals surface area contributed by atoms with Gasteiger partial charge in [0.25, 0.3) is 0 Å². The van der Waals surface area contributed by atoms with E-state index in [2.05, 4.69) is 28.2 Å². The minimum Gasteiger partial charge on any atom is -0.381 e. The van der Waals surface area contributed by atoms with Crippen molar-refractivity contribution in [2.45, 2.75) is 32.4 Å². The van der Waals surface area contributed by atoms with Gasteiger partial charge in [-0.3, -0.25) is 4.98 Å². The van der Waals surface area contributed by atoms with E-state index in [1.807, 2.05) is 19.5 Å². The molecule has 1 aromatic heterocycles. The lowest BCUT2D eigenvalue weighted by Gasteiger charge is -2.34. The number of hydrogen-bond donors (Lipinski definition) is 1. The zero-order valence-electron chi connectivity index (χ0n) is 11.4. The number of hydrogen-bond acceptors (Lipinski definition) is 4. The maximum Gasteiger partial charge on any atom is 0.0605 e. The Bertz CT molecular complexity index is 362. The zero-order valence-corrected chi connectivity index (χ0v) is 11.4. The first-order valence-corrected chi connectivity index (χ1v) is 6.76. The van der Waals surface area contributed by atoms with Crippen molar-refractivity contribution < 1.29 is 4.74 Å². The van der Waals surface area contributed by atoms with Gasteiger partial charge in [0.1, 0.15) is 0 Å². The van der Waals surface area contributed by atoms with Crippen LogP contribution in [0.15, 0.2) is 18.5 Å². The van der Waals surface area contributed by atoms with Crippen LogP contribution >= 0.6 is 0 Å². The van der Waals surface area contributed by atoms with Crippen LogP contribution in [0, 0.1) is 0 Å². The summed E-state index contributed by atoms with van der Waals surface area (Å²) < 4.78 is 5.42. The van der Waals surface area contributed by atoms with Crippen molar-refractivity contribution in [3.8, 4) is 0 Å². The molecule has 1 aliphatic rings. The van der Waals surface area contributed by atoms with Gasteiger partial charge in [0.15, 0.2) is 0 Å². The lowest BCUT2D eigenvalue weighted by molar-refractivity contribution is 0.0819. The van der Waals surface area contributed by atoms with Gasteiger partial charge >= 0.3 is 0 Å². The number of nitrogens with zero attached hydrogens (tertiary/aromatic N) is 2. The Labute approximate surface area is 109 Å². The molecule has 0 aromatic carbocycles. The fourth-order valence-electron chi connectivity index (χ4n) is 2.46. The molecule has 1 fully saturated rings. The number of anilines is 1. The Morgan fingerprint density at radius 1 is 1.44 bits per heavy atom. The molecule has 4 heteroatoms. The number of aromatic nitrogens is 1. The van der Waals surface area contributed by atoms with Crippen LogP contribution in [0.3, 0.4) is 0 Å². The maximum atomic E-state index is 5.42. The van der Waals surface area contributed by atoms with Crippen molar-refractivity contribution in [1.29, 1.82) is 0 Å². The van der Waals surface area contributed by atoms with Crippen molar-refractivity contribution in [3.63, 3.8) is 0 Å². The average molecular weight is 249 g/mol. The monoisotopic (exact) mass is 249 g/mol. The van der Waals surface area contributed by atoms with E-state index >= 15 is 0 Å². The van der Waals surface area contributed by atoms with Gasteiger partial charge in [0, 0.05) is 50.4 Å². The van der Waals surface area contributed by atoms with Crippen molar-refractivity contribution in [2.75, 3.05) is 31.6 Å². The zero-order chi connectivity index (χ0) is 12.8. The van der Waals surface area contributed by atoms with Gasteiger partial charge in [-0.2, -0.15) is 0 Å². The molecular weight excluding hydrogens is 226 g/mol. The number of nitrogens with one attached hydrogen (secondary N) is 1. The summed E-state index contributed by atoms with van der Waals surface area (Å²) in [5.41, 5.74) is 2.61. The highest BCUT2D eigenvalue weighted by atomic mass is 16.5. The van der Waals surface area contributed by atoms with Gasteiger partial charge in [-0.15, -0.1) is 0 Å². The molecule has 0 amide bonds. The summed E-state index contributed by atoms with van der Waals surface area (Å²) in [7, 11) is 1.81. The van der Waals surface area contributed by atoms with E-state index in [0.717, 1.165) is 39.0 Å². The fraction of sp³-hybridized carbons (Fsp3) is 0.643. The lowest BCUT2D eigenvalue weighted by atomic mass is 10.1. The molecule has 0 saturated carbocycles. The van der Waals surface area contributed by atoms with Gasteiger partial charge in [0.2, 0.25) is 0 Å². The van der Waals surface area contributed by atoms with Gasteiger partial charge in [-0.05, 0) is 25.5 Å². The molecule has 0 radical (unpaired) electrons. The highest BCUT2D eigenvalue weighted by molar-refractivity contribution is 5.52. The highest BCUT2D eigenvalue weighted by Gasteiger charge is 2.20. The van der Waals surface area contributed by atoms with E-state index in [9.17, 15) is 0 Å². The molecule has 0 unspecified atom stereocenters. The van der Waals surface area contributed by atoms with E-state index in [4.69, 9.17) is 4.74 Å². The van der Waals surface area contributed by atoms with Crippen molar-refractivity contribution >= 4 is 5.69 Å². The van der Waals surface area contributed by atoms with Crippen molar-refractivity contribution in [3.05, 3.63) is 24.0 Å². The number of rotatable bonds is 5. The normalized spacial score (nSPS) is 17.1. The molecule has 1 N–H and O–H groups in total. The highest BCUT2D eigenvalue weighted by Crippen LogP contribution is 2.24. The quantitative estimate of drug-likeness (QED) is 0.863. The van der Waals surface area contributed by atoms with Crippen LogP contribution in [-0.2, 0) is 11.3 Å². The predicted octanol–water partition coefficient (Wildman–Crippen LogP) is 1.81. The van der Waals surface area contributed by atoms with Crippen LogP contribution in [0.2, 0.25) is 0 Å². The Kier molecular flexibility index (Phi) is 4.96. The molecule has 4 nitrogen and oxygen atoms in total. The van der Waals surface area contributed by atoms with Crippen molar-refractivity contribution in [2.24, 2.45) is 0 Å². The van der Waals surface area contributed by atoms with Crippen LogP contribution in [0.5, 0.6) is 0 Å². The van der Waals surface area contributed by atoms with Crippen LogP contribution < -0.4 is 10.2 Å². The molecular formula is C14H23N3O. The van der Waals surface area contributed by atoms with E-state index in [-0.39, 0.29) is 0 Å². The summed E-state index contributed by atoms with van der Waals surface area (Å²) >= 11 is 0. The second-order valence-corrected chi connectivity index (χ2v) is 4.71. The molecule has 0 bridgehead atoms. The fourth-order valence-corrected chi connectivity index (χ4v) is 2.46. The number of ether oxygens (including phenoxy) is 1. The first kappa shape index (κ1) is 13.3. The molecule has 1 saturated heterocycles. The smallest absolute Gasteiger partial charge is 0.0605 e. The number of methoxy groups -OCH3 is 1. The third-order valence-electron chi connectivity index (χ3n) is 3.56. The van der Waals surface area contributed by atoms with Crippen LogP contribution in [0.25, 0.3) is 0 Å². The van der Waals surface area contributed by atoms with E-state index in [1.54, 1.807) is 0 Å². The topological polar surface area (TPSA) is 37.4 Å². The Morgan fingerprint density at radius 3 is 2.89 bits per heavy atom. The molecule has 0 spiro atoms. The standard InChI is InChI=1S/C14H23N3O/c1-3-15-10-12-11-16-7-4-14(12)17-8-5-13(18-2)6-9-17/h4,7,11,13,15H,3,5-6,8-10H2,1-2H3. The second kappa shape index (κ2) is 6.71. The summed E-state index contributed by atoms with van der Waals surface area (Å²) in [6, 6.07) is 2.12. The van der Waals surface area contributed by atoms with Crippen LogP contribution in [-0.4, -0.2) is 37.8 Å². The van der Waals surface area contributed by atoms with Crippen molar-refractivity contribution in [1.82, 2.24) is 10.3 Å². The minimum absolute atomic E-state index is 0.431. The molecule has 1 aliphatic heterocycles. The van der Waals surface area contributed by atoms with Gasteiger partial charge in [0.05, 0.1) is 6.10 Å². The molecule has 0 atom stereocenters. The third kappa shape index (κ3) is 3.21. The summed E-state index contributed by atoms with van der Waals surface area (Å²) in [6.45, 7) is 6.15. The summed E-state index contributed by atoms with van der Waals surface area (Å²) in [5.74, 6) is 0. The van der Waals surface area contributed by atoms with Crippen LogP contribution in [0.4, 0.5) is 5.69 Å². The lowest BCUT2D eigenvalue weighted by Crippen LogP contribution is -2.37. The summed E-state index contributed by atoms with van der Waals surface area (Å²) in [4.78, 5) is 6.68. The summed E-state index contributed by atoms with van der Waals surface area (Å²) in [5, 5.41) is 3.37. The SMILES string of the molecule is CCNCc1cnccc1N1CCC(OC)CC1. The van der Waals surface area contributed by atoms with E-state index in [0.29, 0.717) is 6.10 Å². The van der Waals surface area contributed by atoms with Gasteiger partial charge in [-0.25, -0.2) is 0 Å². The Balaban J connectivity index is 2.03. The number of pyridine rings is 1. The Morgan fingerprint density at radius 2 is 2.22 bits per heavy atom. The molecule has 2 heterocycles. The molecule has 0 aliphatic carbocycles. The minimum atomic E-state index is 0.431.